The molecule has 84 valence electrons. The predicted molar refractivity (Wildman–Crippen MR) is 62.3 cm³/mol. The lowest BCUT2D eigenvalue weighted by molar-refractivity contribution is 0.125. The summed E-state index contributed by atoms with van der Waals surface area (Å²) < 4.78 is 0. The van der Waals surface area contributed by atoms with Crippen LogP contribution in [0.2, 0.25) is 0 Å². The molecule has 0 aromatic carbocycles. The number of likely N-dealkylation sites (tertiary alicyclic amines) is 1. The molecule has 1 fully saturated rings. The molecule has 1 heterocycles. The third kappa shape index (κ3) is 3.58. The molecule has 2 N–H and O–H groups in total. The van der Waals surface area contributed by atoms with Crippen LogP contribution in [0, 0.1) is 5.92 Å². The van der Waals surface area contributed by atoms with Gasteiger partial charge in [0.05, 0.1) is 0 Å². The minimum atomic E-state index is 0.404. The number of piperidine rings is 1. The normalized spacial score (nSPS) is 31.7. The van der Waals surface area contributed by atoms with Gasteiger partial charge in [-0.3, -0.25) is 0 Å². The van der Waals surface area contributed by atoms with E-state index in [1.54, 1.807) is 0 Å². The highest BCUT2D eigenvalue weighted by atomic mass is 15.2. The van der Waals surface area contributed by atoms with E-state index in [1.165, 1.54) is 25.9 Å². The van der Waals surface area contributed by atoms with Crippen LogP contribution in [0.1, 0.15) is 46.5 Å². The Balaban J connectivity index is 2.24. The molecular weight excluding hydrogens is 172 g/mol. The van der Waals surface area contributed by atoms with Crippen molar-refractivity contribution in [2.75, 3.05) is 13.1 Å². The van der Waals surface area contributed by atoms with Crippen LogP contribution in [0.4, 0.5) is 0 Å². The van der Waals surface area contributed by atoms with Gasteiger partial charge in [-0.2, -0.15) is 0 Å². The molecular formula is C12H26N2. The minimum Gasteiger partial charge on any atom is -0.328 e. The minimum absolute atomic E-state index is 0.404. The summed E-state index contributed by atoms with van der Waals surface area (Å²) in [5.74, 6) is 0.918. The Morgan fingerprint density at radius 3 is 2.71 bits per heavy atom. The molecule has 0 radical (unpaired) electrons. The smallest absolute Gasteiger partial charge is 0.00694 e. The summed E-state index contributed by atoms with van der Waals surface area (Å²) in [6.45, 7) is 9.37. The van der Waals surface area contributed by atoms with Gasteiger partial charge in [0.15, 0.2) is 0 Å². The van der Waals surface area contributed by atoms with Gasteiger partial charge in [-0.15, -0.1) is 0 Å². The van der Waals surface area contributed by atoms with Gasteiger partial charge in [-0.05, 0) is 51.6 Å². The zero-order valence-electron chi connectivity index (χ0n) is 10.00. The van der Waals surface area contributed by atoms with Crippen molar-refractivity contribution >= 4 is 0 Å². The molecule has 0 aromatic heterocycles. The molecule has 0 amide bonds. The fourth-order valence-electron chi connectivity index (χ4n) is 2.32. The Labute approximate surface area is 88.8 Å². The lowest BCUT2D eigenvalue weighted by Crippen LogP contribution is -2.42. The number of hydrogen-bond donors (Lipinski definition) is 1. The summed E-state index contributed by atoms with van der Waals surface area (Å²) >= 11 is 0. The van der Waals surface area contributed by atoms with E-state index in [1.807, 2.05) is 0 Å². The van der Waals surface area contributed by atoms with Crippen molar-refractivity contribution in [3.05, 3.63) is 0 Å². The van der Waals surface area contributed by atoms with Crippen LogP contribution in [0.15, 0.2) is 0 Å². The molecule has 0 aliphatic carbocycles. The van der Waals surface area contributed by atoms with E-state index in [9.17, 15) is 0 Å². The van der Waals surface area contributed by atoms with Crippen molar-refractivity contribution in [3.8, 4) is 0 Å². The van der Waals surface area contributed by atoms with E-state index in [4.69, 9.17) is 5.73 Å². The lowest BCUT2D eigenvalue weighted by atomic mass is 9.93. The summed E-state index contributed by atoms with van der Waals surface area (Å²) in [6, 6.07) is 1.17. The van der Waals surface area contributed by atoms with Crippen molar-refractivity contribution < 1.29 is 0 Å². The first-order chi connectivity index (χ1) is 6.63. The second kappa shape index (κ2) is 5.72. The molecule has 0 saturated carbocycles. The van der Waals surface area contributed by atoms with Gasteiger partial charge in [0.1, 0.15) is 0 Å². The Morgan fingerprint density at radius 1 is 1.43 bits per heavy atom. The third-order valence-corrected chi connectivity index (χ3v) is 3.59. The molecule has 0 aromatic rings. The summed E-state index contributed by atoms with van der Waals surface area (Å²) in [5.41, 5.74) is 5.94. The maximum Gasteiger partial charge on any atom is 0.00694 e. The first-order valence-corrected chi connectivity index (χ1v) is 6.13. The molecule has 3 atom stereocenters. The number of nitrogens with two attached hydrogens (primary N) is 1. The SMILES string of the molecule is CCC(N)CCN1CCC(C)CC1C. The van der Waals surface area contributed by atoms with E-state index in [2.05, 4.69) is 25.7 Å². The van der Waals surface area contributed by atoms with Gasteiger partial charge in [0.2, 0.25) is 0 Å². The fraction of sp³-hybridized carbons (Fsp3) is 1.00. The van der Waals surface area contributed by atoms with Gasteiger partial charge < -0.3 is 10.6 Å². The standard InChI is InChI=1S/C12H26N2/c1-4-12(13)6-8-14-7-5-10(2)9-11(14)3/h10-12H,4-9,13H2,1-3H3. The van der Waals surface area contributed by atoms with Crippen molar-refractivity contribution in [1.29, 1.82) is 0 Å². The summed E-state index contributed by atoms with van der Waals surface area (Å²) in [5, 5.41) is 0. The van der Waals surface area contributed by atoms with Gasteiger partial charge in [0.25, 0.3) is 0 Å². The monoisotopic (exact) mass is 198 g/mol. The topological polar surface area (TPSA) is 29.3 Å². The first kappa shape index (κ1) is 12.0. The van der Waals surface area contributed by atoms with Crippen LogP contribution in [-0.2, 0) is 0 Å². The quantitative estimate of drug-likeness (QED) is 0.750. The van der Waals surface area contributed by atoms with Crippen molar-refractivity contribution in [2.45, 2.75) is 58.5 Å². The summed E-state index contributed by atoms with van der Waals surface area (Å²) in [6.07, 6.45) is 5.00. The van der Waals surface area contributed by atoms with Crippen LogP contribution in [0.5, 0.6) is 0 Å². The first-order valence-electron chi connectivity index (χ1n) is 6.13. The molecule has 0 bridgehead atoms. The molecule has 1 aliphatic rings. The van der Waals surface area contributed by atoms with Gasteiger partial charge >= 0.3 is 0 Å². The van der Waals surface area contributed by atoms with Gasteiger partial charge in [0, 0.05) is 12.1 Å². The number of rotatable bonds is 4. The van der Waals surface area contributed by atoms with E-state index in [0.717, 1.165) is 24.8 Å². The van der Waals surface area contributed by atoms with Gasteiger partial charge in [-0.1, -0.05) is 13.8 Å². The maximum atomic E-state index is 5.94. The molecule has 2 heteroatoms. The Hall–Kier alpha value is -0.0800. The van der Waals surface area contributed by atoms with Crippen LogP contribution in [0.3, 0.4) is 0 Å². The van der Waals surface area contributed by atoms with E-state index >= 15 is 0 Å². The highest BCUT2D eigenvalue weighted by molar-refractivity contribution is 4.77. The van der Waals surface area contributed by atoms with Gasteiger partial charge in [-0.25, -0.2) is 0 Å². The highest BCUT2D eigenvalue weighted by Gasteiger charge is 2.22. The molecule has 1 rings (SSSR count). The largest absolute Gasteiger partial charge is 0.328 e. The molecule has 0 spiro atoms. The van der Waals surface area contributed by atoms with Crippen LogP contribution in [0.25, 0.3) is 0 Å². The lowest BCUT2D eigenvalue weighted by Gasteiger charge is -2.36. The van der Waals surface area contributed by atoms with Crippen LogP contribution < -0.4 is 5.73 Å². The fourth-order valence-corrected chi connectivity index (χ4v) is 2.32. The average Bonchev–Trinajstić information content (AvgIpc) is 2.16. The molecule has 14 heavy (non-hydrogen) atoms. The van der Waals surface area contributed by atoms with E-state index in [-0.39, 0.29) is 0 Å². The van der Waals surface area contributed by atoms with E-state index in [0.29, 0.717) is 6.04 Å². The maximum absolute atomic E-state index is 5.94. The Morgan fingerprint density at radius 2 is 2.14 bits per heavy atom. The Kier molecular flexibility index (Phi) is 4.90. The molecule has 3 unspecified atom stereocenters. The summed E-state index contributed by atoms with van der Waals surface area (Å²) in [7, 11) is 0. The van der Waals surface area contributed by atoms with Crippen LogP contribution in [-0.4, -0.2) is 30.1 Å². The second-order valence-electron chi connectivity index (χ2n) is 4.97. The summed E-state index contributed by atoms with van der Waals surface area (Å²) in [4.78, 5) is 2.61. The van der Waals surface area contributed by atoms with Crippen LogP contribution >= 0.6 is 0 Å². The second-order valence-corrected chi connectivity index (χ2v) is 4.97. The van der Waals surface area contributed by atoms with Crippen molar-refractivity contribution in [1.82, 2.24) is 4.90 Å². The molecule has 2 nitrogen and oxygen atoms in total. The average molecular weight is 198 g/mol. The number of nitrogens with zero attached hydrogens (tertiary/aromatic N) is 1. The zero-order valence-corrected chi connectivity index (χ0v) is 10.00. The van der Waals surface area contributed by atoms with Crippen molar-refractivity contribution in [3.63, 3.8) is 0 Å². The zero-order chi connectivity index (χ0) is 10.6. The van der Waals surface area contributed by atoms with E-state index < -0.39 is 0 Å². The molecule has 1 aliphatic heterocycles. The number of hydrogen-bond acceptors (Lipinski definition) is 2. The third-order valence-electron chi connectivity index (χ3n) is 3.59. The predicted octanol–water partition coefficient (Wildman–Crippen LogP) is 2.23. The molecule has 1 saturated heterocycles. The Bertz CT molecular complexity index is 158. The highest BCUT2D eigenvalue weighted by Crippen LogP contribution is 2.22. The van der Waals surface area contributed by atoms with Crippen molar-refractivity contribution in [2.24, 2.45) is 11.7 Å².